The molecule has 0 saturated heterocycles. The Bertz CT molecular complexity index is 618. The van der Waals surface area contributed by atoms with E-state index >= 15 is 0 Å². The Morgan fingerprint density at radius 3 is 1.69 bits per heavy atom. The van der Waals surface area contributed by atoms with Crippen molar-refractivity contribution in [1.82, 2.24) is 5.32 Å². The van der Waals surface area contributed by atoms with Crippen molar-refractivity contribution in [2.45, 2.75) is 116 Å². The highest BCUT2D eigenvalue weighted by Crippen LogP contribution is 2.13. The van der Waals surface area contributed by atoms with E-state index in [1.807, 2.05) is 0 Å². The Labute approximate surface area is 194 Å². The van der Waals surface area contributed by atoms with Crippen molar-refractivity contribution in [1.29, 1.82) is 0 Å². The van der Waals surface area contributed by atoms with Crippen LogP contribution in [-0.4, -0.2) is 24.5 Å². The van der Waals surface area contributed by atoms with Crippen molar-refractivity contribution in [3.8, 4) is 0 Å². The minimum Gasteiger partial charge on any atom is -0.464 e. The van der Waals surface area contributed by atoms with Crippen molar-refractivity contribution < 1.29 is 18.7 Å². The van der Waals surface area contributed by atoms with Gasteiger partial charge in [0.15, 0.2) is 0 Å². The lowest BCUT2D eigenvalue weighted by Crippen LogP contribution is -2.39. The van der Waals surface area contributed by atoms with Crippen LogP contribution in [0.5, 0.6) is 0 Å². The molecule has 0 spiro atoms. The number of halogens is 1. The van der Waals surface area contributed by atoms with Crippen LogP contribution in [0.2, 0.25) is 0 Å². The Balaban J connectivity index is 1.91. The summed E-state index contributed by atoms with van der Waals surface area (Å²) in [4.78, 5) is 24.1. The third-order valence-electron chi connectivity index (χ3n) is 5.80. The molecule has 0 saturated carbocycles. The molecule has 0 bridgehead atoms. The van der Waals surface area contributed by atoms with Crippen LogP contribution in [0.1, 0.15) is 121 Å². The maximum absolute atomic E-state index is 12.9. The summed E-state index contributed by atoms with van der Waals surface area (Å²) in [7, 11) is 0. The van der Waals surface area contributed by atoms with Gasteiger partial charge in [-0.05, 0) is 37.6 Å². The van der Waals surface area contributed by atoms with Crippen LogP contribution in [0.4, 0.5) is 4.39 Å². The molecular formula is C27H44FNO3. The summed E-state index contributed by atoms with van der Waals surface area (Å²) >= 11 is 0. The van der Waals surface area contributed by atoms with Crippen molar-refractivity contribution in [3.63, 3.8) is 0 Å². The van der Waals surface area contributed by atoms with E-state index in [0.29, 0.717) is 12.2 Å². The number of carbonyl (C=O) groups is 2. The van der Waals surface area contributed by atoms with Crippen LogP contribution in [0.3, 0.4) is 0 Å². The zero-order valence-corrected chi connectivity index (χ0v) is 20.3. The molecule has 0 aliphatic heterocycles. The molecular weight excluding hydrogens is 405 g/mol. The molecule has 1 atom stereocenters. The van der Waals surface area contributed by atoms with E-state index in [9.17, 15) is 14.0 Å². The zero-order valence-electron chi connectivity index (χ0n) is 20.3. The number of hydrogen-bond acceptors (Lipinski definition) is 3. The predicted molar refractivity (Wildman–Crippen MR) is 129 cm³/mol. The molecule has 0 aliphatic rings. The molecule has 0 heterocycles. The number of carbonyl (C=O) groups excluding carboxylic acids is 2. The Hall–Kier alpha value is -1.91. The van der Waals surface area contributed by atoms with Gasteiger partial charge in [-0.1, -0.05) is 96.8 Å². The molecule has 4 nitrogen and oxygen atoms in total. The highest BCUT2D eigenvalue weighted by molar-refractivity contribution is 5.96. The van der Waals surface area contributed by atoms with Gasteiger partial charge in [0.1, 0.15) is 11.9 Å². The number of ether oxygens (including phenoxy) is 1. The summed E-state index contributed by atoms with van der Waals surface area (Å²) in [5, 5.41) is 2.58. The Morgan fingerprint density at radius 2 is 1.22 bits per heavy atom. The van der Waals surface area contributed by atoms with Gasteiger partial charge in [0.2, 0.25) is 0 Å². The number of amides is 1. The van der Waals surface area contributed by atoms with E-state index in [4.69, 9.17) is 4.74 Å². The molecule has 0 radical (unpaired) electrons. The fraction of sp³-hybridized carbons (Fsp3) is 0.704. The van der Waals surface area contributed by atoms with Gasteiger partial charge in [-0.15, -0.1) is 0 Å². The van der Waals surface area contributed by atoms with Crippen molar-refractivity contribution in [2.24, 2.45) is 0 Å². The fourth-order valence-corrected chi connectivity index (χ4v) is 3.71. The van der Waals surface area contributed by atoms with E-state index in [-0.39, 0.29) is 0 Å². The second kappa shape index (κ2) is 18.6. The average Bonchev–Trinajstić information content (AvgIpc) is 2.79. The molecule has 32 heavy (non-hydrogen) atoms. The van der Waals surface area contributed by atoms with Gasteiger partial charge in [0.05, 0.1) is 6.61 Å². The summed E-state index contributed by atoms with van der Waals surface area (Å²) in [6.07, 6.45) is 19.4. The number of unbranched alkanes of at least 4 members (excludes halogenated alkanes) is 14. The second-order valence-corrected chi connectivity index (χ2v) is 8.82. The summed E-state index contributed by atoms with van der Waals surface area (Å²) in [5.41, 5.74) is 0.313. The van der Waals surface area contributed by atoms with Gasteiger partial charge in [0, 0.05) is 5.56 Å². The monoisotopic (exact) mass is 449 g/mol. The number of nitrogens with one attached hydrogen (secondary N) is 1. The molecule has 0 aliphatic carbocycles. The molecule has 5 heteroatoms. The maximum Gasteiger partial charge on any atom is 0.328 e. The standard InChI is InChI=1S/C27H44FNO3/c1-3-4-5-6-7-8-9-10-11-12-13-14-15-16-17-22-32-27(31)23(2)29-26(30)24-18-20-25(28)21-19-24/h18-21,23H,3-17,22H2,1-2H3,(H,29,30)/t23-/m0/s1. The number of benzene rings is 1. The van der Waals surface area contributed by atoms with Crippen molar-refractivity contribution >= 4 is 11.9 Å². The van der Waals surface area contributed by atoms with Gasteiger partial charge in [-0.2, -0.15) is 0 Å². The summed E-state index contributed by atoms with van der Waals surface area (Å²) < 4.78 is 18.2. The van der Waals surface area contributed by atoms with Crippen LogP contribution >= 0.6 is 0 Å². The van der Waals surface area contributed by atoms with Crippen molar-refractivity contribution in [3.05, 3.63) is 35.6 Å². The van der Waals surface area contributed by atoms with E-state index in [1.54, 1.807) is 6.92 Å². The Morgan fingerprint density at radius 1 is 0.781 bits per heavy atom. The van der Waals surface area contributed by atoms with E-state index in [2.05, 4.69) is 12.2 Å². The quantitative estimate of drug-likeness (QED) is 0.177. The summed E-state index contributed by atoms with van der Waals surface area (Å²) in [5.74, 6) is -1.26. The largest absolute Gasteiger partial charge is 0.464 e. The lowest BCUT2D eigenvalue weighted by Gasteiger charge is -2.13. The molecule has 0 aromatic heterocycles. The van der Waals surface area contributed by atoms with Crippen LogP contribution in [0, 0.1) is 5.82 Å². The lowest BCUT2D eigenvalue weighted by molar-refractivity contribution is -0.145. The van der Waals surface area contributed by atoms with Crippen LogP contribution in [-0.2, 0) is 9.53 Å². The second-order valence-electron chi connectivity index (χ2n) is 8.82. The number of rotatable bonds is 19. The normalized spacial score (nSPS) is 11.8. The van der Waals surface area contributed by atoms with Gasteiger partial charge in [-0.25, -0.2) is 9.18 Å². The Kier molecular flexibility index (Phi) is 16.4. The SMILES string of the molecule is CCCCCCCCCCCCCCCCCOC(=O)[C@H](C)NC(=O)c1ccc(F)cc1. The third-order valence-corrected chi connectivity index (χ3v) is 5.80. The molecule has 1 aromatic rings. The zero-order chi connectivity index (χ0) is 23.4. The molecule has 1 N–H and O–H groups in total. The van der Waals surface area contributed by atoms with E-state index in [0.717, 1.165) is 12.8 Å². The molecule has 0 unspecified atom stereocenters. The molecule has 1 aromatic carbocycles. The van der Waals surface area contributed by atoms with Crippen LogP contribution < -0.4 is 5.32 Å². The summed E-state index contributed by atoms with van der Waals surface area (Å²) in [6, 6.07) is 4.48. The van der Waals surface area contributed by atoms with E-state index in [1.165, 1.54) is 108 Å². The van der Waals surface area contributed by atoms with Crippen molar-refractivity contribution in [2.75, 3.05) is 6.61 Å². The maximum atomic E-state index is 12.9. The topological polar surface area (TPSA) is 55.4 Å². The summed E-state index contributed by atoms with van der Waals surface area (Å²) in [6.45, 7) is 4.24. The number of hydrogen-bond donors (Lipinski definition) is 1. The molecule has 1 rings (SSSR count). The smallest absolute Gasteiger partial charge is 0.328 e. The first-order valence-corrected chi connectivity index (χ1v) is 12.8. The minimum absolute atomic E-state index is 0.313. The van der Waals surface area contributed by atoms with Gasteiger partial charge < -0.3 is 10.1 Å². The molecule has 182 valence electrons. The molecule has 0 fully saturated rings. The van der Waals surface area contributed by atoms with Crippen LogP contribution in [0.25, 0.3) is 0 Å². The van der Waals surface area contributed by atoms with Gasteiger partial charge >= 0.3 is 5.97 Å². The van der Waals surface area contributed by atoms with Crippen LogP contribution in [0.15, 0.2) is 24.3 Å². The first-order chi connectivity index (χ1) is 15.5. The fourth-order valence-electron chi connectivity index (χ4n) is 3.71. The minimum atomic E-state index is -0.733. The highest BCUT2D eigenvalue weighted by Gasteiger charge is 2.17. The first kappa shape index (κ1) is 28.1. The third kappa shape index (κ3) is 14.2. The van der Waals surface area contributed by atoms with Gasteiger partial charge in [0.25, 0.3) is 5.91 Å². The molecule has 1 amide bonds. The predicted octanol–water partition coefficient (Wildman–Crippen LogP) is 7.36. The lowest BCUT2D eigenvalue weighted by atomic mass is 10.0. The van der Waals surface area contributed by atoms with Gasteiger partial charge in [-0.3, -0.25) is 4.79 Å². The highest BCUT2D eigenvalue weighted by atomic mass is 19.1. The number of esters is 1. The first-order valence-electron chi connectivity index (χ1n) is 12.8. The average molecular weight is 450 g/mol. The van der Waals surface area contributed by atoms with E-state index < -0.39 is 23.7 Å².